The van der Waals surface area contributed by atoms with Crippen LogP contribution in [0.25, 0.3) is 11.3 Å². The van der Waals surface area contributed by atoms with Crippen LogP contribution in [-0.4, -0.2) is 39.1 Å². The van der Waals surface area contributed by atoms with E-state index in [-0.39, 0.29) is 34.6 Å². The van der Waals surface area contributed by atoms with E-state index >= 15 is 0 Å². The van der Waals surface area contributed by atoms with Gasteiger partial charge in [-0.3, -0.25) is 5.43 Å². The summed E-state index contributed by atoms with van der Waals surface area (Å²) in [6.07, 6.45) is 1.44. The minimum Gasteiger partial charge on any atom is -0.462 e. The zero-order chi connectivity index (χ0) is 22.5. The average molecular weight is 456 g/mol. The largest absolute Gasteiger partial charge is 0.462 e. The molecule has 12 heteroatoms. The summed E-state index contributed by atoms with van der Waals surface area (Å²) < 4.78 is 23.2. The number of benzene rings is 2. The molecule has 0 atom stereocenters. The molecular weight excluding hydrogens is 441 g/mol. The van der Waals surface area contributed by atoms with Crippen molar-refractivity contribution in [1.29, 1.82) is 0 Å². The van der Waals surface area contributed by atoms with Gasteiger partial charge in [0, 0.05) is 11.3 Å². The maximum absolute atomic E-state index is 13.5. The third-order valence-corrected chi connectivity index (χ3v) is 4.42. The molecule has 0 fully saturated rings. The number of halogens is 2. The van der Waals surface area contributed by atoms with Crippen molar-refractivity contribution in [2.75, 3.05) is 17.3 Å². The molecule has 162 valence electrons. The summed E-state index contributed by atoms with van der Waals surface area (Å²) in [4.78, 5) is 20.7. The second-order valence-electron chi connectivity index (χ2n) is 6.26. The summed E-state index contributed by atoms with van der Waals surface area (Å²) in [6.45, 7) is 1.99. The Labute approximate surface area is 185 Å². The SMILES string of the molecule is CCOC(=O)c1ccccc1C=NNc1nc2nonc2nc1Nc1ccc(F)c(Cl)c1. The van der Waals surface area contributed by atoms with Gasteiger partial charge in [-0.2, -0.15) is 10.1 Å². The Morgan fingerprint density at radius 1 is 1.19 bits per heavy atom. The van der Waals surface area contributed by atoms with Crippen molar-refractivity contribution in [2.24, 2.45) is 5.10 Å². The molecule has 4 aromatic rings. The third-order valence-electron chi connectivity index (χ3n) is 4.13. The molecule has 2 aromatic heterocycles. The number of ether oxygens (including phenoxy) is 1. The molecular formula is C20H15ClFN7O3. The normalized spacial score (nSPS) is 11.1. The number of esters is 1. The zero-order valence-electron chi connectivity index (χ0n) is 16.5. The van der Waals surface area contributed by atoms with Crippen LogP contribution in [0, 0.1) is 5.82 Å². The van der Waals surface area contributed by atoms with Crippen molar-refractivity contribution in [3.63, 3.8) is 0 Å². The smallest absolute Gasteiger partial charge is 0.338 e. The Bertz CT molecular complexity index is 1310. The maximum atomic E-state index is 13.5. The highest BCUT2D eigenvalue weighted by molar-refractivity contribution is 6.31. The number of nitrogens with zero attached hydrogens (tertiary/aromatic N) is 5. The third kappa shape index (κ3) is 4.62. The van der Waals surface area contributed by atoms with E-state index in [1.54, 1.807) is 31.2 Å². The average Bonchev–Trinajstić information content (AvgIpc) is 3.24. The zero-order valence-corrected chi connectivity index (χ0v) is 17.3. The van der Waals surface area contributed by atoms with Crippen molar-refractivity contribution >= 4 is 52.4 Å². The van der Waals surface area contributed by atoms with Gasteiger partial charge in [0.1, 0.15) is 5.82 Å². The minimum atomic E-state index is -0.553. The van der Waals surface area contributed by atoms with Crippen LogP contribution in [0.1, 0.15) is 22.8 Å². The molecule has 4 rings (SSSR count). The van der Waals surface area contributed by atoms with Crippen molar-refractivity contribution < 1.29 is 18.6 Å². The highest BCUT2D eigenvalue weighted by atomic mass is 35.5. The molecule has 0 radical (unpaired) electrons. The summed E-state index contributed by atoms with van der Waals surface area (Å²) in [5, 5.41) is 14.4. The number of carbonyl (C=O) groups is 1. The van der Waals surface area contributed by atoms with Gasteiger partial charge in [-0.1, -0.05) is 29.8 Å². The molecule has 0 saturated carbocycles. The monoisotopic (exact) mass is 455 g/mol. The van der Waals surface area contributed by atoms with Crippen LogP contribution in [0.15, 0.2) is 52.2 Å². The van der Waals surface area contributed by atoms with Crippen LogP contribution in [0.4, 0.5) is 21.7 Å². The van der Waals surface area contributed by atoms with E-state index in [1.165, 1.54) is 24.4 Å². The number of aromatic nitrogens is 4. The van der Waals surface area contributed by atoms with Gasteiger partial charge in [0.05, 0.1) is 23.4 Å². The fourth-order valence-corrected chi connectivity index (χ4v) is 2.86. The predicted octanol–water partition coefficient (Wildman–Crippen LogP) is 4.17. The Morgan fingerprint density at radius 2 is 1.94 bits per heavy atom. The molecule has 0 amide bonds. The highest BCUT2D eigenvalue weighted by Gasteiger charge is 2.14. The van der Waals surface area contributed by atoms with Gasteiger partial charge in [-0.15, -0.1) is 0 Å². The van der Waals surface area contributed by atoms with Gasteiger partial charge < -0.3 is 10.1 Å². The number of hydrazone groups is 1. The molecule has 0 bridgehead atoms. The van der Waals surface area contributed by atoms with E-state index in [4.69, 9.17) is 16.3 Å². The number of nitrogens with one attached hydrogen (secondary N) is 2. The Kier molecular flexibility index (Phi) is 6.17. The van der Waals surface area contributed by atoms with E-state index in [9.17, 15) is 9.18 Å². The van der Waals surface area contributed by atoms with Crippen LogP contribution < -0.4 is 10.7 Å². The summed E-state index contributed by atoms with van der Waals surface area (Å²) in [7, 11) is 0. The second-order valence-corrected chi connectivity index (χ2v) is 6.67. The van der Waals surface area contributed by atoms with Gasteiger partial charge in [-0.25, -0.2) is 18.8 Å². The molecule has 10 nitrogen and oxygen atoms in total. The fourth-order valence-electron chi connectivity index (χ4n) is 2.68. The Morgan fingerprint density at radius 3 is 2.69 bits per heavy atom. The first-order chi connectivity index (χ1) is 15.5. The lowest BCUT2D eigenvalue weighted by atomic mass is 10.1. The number of anilines is 3. The number of hydrogen-bond acceptors (Lipinski definition) is 10. The van der Waals surface area contributed by atoms with Crippen LogP contribution in [-0.2, 0) is 4.74 Å². The first-order valence-electron chi connectivity index (χ1n) is 9.32. The molecule has 0 aliphatic carbocycles. The Balaban J connectivity index is 1.62. The molecule has 0 unspecified atom stereocenters. The topological polar surface area (TPSA) is 127 Å². The fraction of sp³-hybridized carbons (Fsp3) is 0.100. The lowest BCUT2D eigenvalue weighted by Crippen LogP contribution is -2.08. The van der Waals surface area contributed by atoms with Crippen LogP contribution in [0.2, 0.25) is 5.02 Å². The van der Waals surface area contributed by atoms with Crippen molar-refractivity contribution in [3.8, 4) is 0 Å². The van der Waals surface area contributed by atoms with Gasteiger partial charge in [0.15, 0.2) is 11.6 Å². The summed E-state index contributed by atoms with van der Waals surface area (Å²) in [6, 6.07) is 10.9. The molecule has 0 spiro atoms. The quantitative estimate of drug-likeness (QED) is 0.239. The molecule has 2 heterocycles. The van der Waals surface area contributed by atoms with Gasteiger partial charge in [0.25, 0.3) is 0 Å². The van der Waals surface area contributed by atoms with Gasteiger partial charge >= 0.3 is 5.97 Å². The molecule has 0 saturated heterocycles. The summed E-state index contributed by atoms with van der Waals surface area (Å²) >= 11 is 5.85. The number of carbonyl (C=O) groups excluding carboxylic acids is 1. The van der Waals surface area contributed by atoms with E-state index in [1.807, 2.05) is 0 Å². The van der Waals surface area contributed by atoms with Crippen molar-refractivity contribution in [2.45, 2.75) is 6.92 Å². The first kappa shape index (κ1) is 21.1. The van der Waals surface area contributed by atoms with Gasteiger partial charge in [-0.05, 0) is 41.5 Å². The van der Waals surface area contributed by atoms with Crippen molar-refractivity contribution in [3.05, 3.63) is 64.4 Å². The predicted molar refractivity (Wildman–Crippen MR) is 116 cm³/mol. The summed E-state index contributed by atoms with van der Waals surface area (Å²) in [5.74, 6) is -0.618. The Hall–Kier alpha value is -4.12. The lowest BCUT2D eigenvalue weighted by Gasteiger charge is -2.10. The highest BCUT2D eigenvalue weighted by Crippen LogP contribution is 2.26. The van der Waals surface area contributed by atoms with E-state index in [2.05, 4.69) is 40.8 Å². The second kappa shape index (κ2) is 9.35. The minimum absolute atomic E-state index is 0.0600. The first-order valence-corrected chi connectivity index (χ1v) is 9.70. The van der Waals surface area contributed by atoms with E-state index < -0.39 is 11.8 Å². The van der Waals surface area contributed by atoms with Crippen LogP contribution in [0.5, 0.6) is 0 Å². The lowest BCUT2D eigenvalue weighted by molar-refractivity contribution is 0.0526. The number of rotatable bonds is 7. The van der Waals surface area contributed by atoms with E-state index in [0.29, 0.717) is 16.8 Å². The molecule has 2 N–H and O–H groups in total. The molecule has 2 aromatic carbocycles. The maximum Gasteiger partial charge on any atom is 0.338 e. The van der Waals surface area contributed by atoms with E-state index in [0.717, 1.165) is 0 Å². The van der Waals surface area contributed by atoms with Gasteiger partial charge in [0.2, 0.25) is 11.3 Å². The molecule has 0 aliphatic rings. The number of fused-ring (bicyclic) bond motifs is 1. The van der Waals surface area contributed by atoms with Crippen LogP contribution >= 0.6 is 11.6 Å². The number of hydrogen-bond donors (Lipinski definition) is 2. The van der Waals surface area contributed by atoms with Crippen molar-refractivity contribution in [1.82, 2.24) is 20.3 Å². The molecule has 0 aliphatic heterocycles. The standard InChI is InChI=1S/C20H15ClFN7O3/c1-2-31-20(30)13-6-4-3-5-11(13)10-23-27-17-16(25-18-19(26-17)29-32-28-18)24-12-7-8-15(22)14(21)9-12/h3-10H,2H2,1H3,(H,24,25,28)(H,26,27,29). The molecule has 32 heavy (non-hydrogen) atoms. The summed E-state index contributed by atoms with van der Waals surface area (Å²) in [5.41, 5.74) is 4.42. The van der Waals surface area contributed by atoms with Crippen LogP contribution in [0.3, 0.4) is 0 Å².